The molecule has 0 amide bonds. The van der Waals surface area contributed by atoms with Crippen LogP contribution in [0.25, 0.3) is 10.8 Å². The lowest BCUT2D eigenvalue weighted by Gasteiger charge is -2.08. The highest BCUT2D eigenvalue weighted by Gasteiger charge is 2.20. The van der Waals surface area contributed by atoms with Crippen LogP contribution < -0.4 is 0 Å². The summed E-state index contributed by atoms with van der Waals surface area (Å²) < 4.78 is 0. The van der Waals surface area contributed by atoms with Crippen molar-refractivity contribution in [3.63, 3.8) is 0 Å². The molecular formula is C21H19N. The van der Waals surface area contributed by atoms with Gasteiger partial charge in [0.15, 0.2) is 0 Å². The number of para-hydroxylation sites is 1. The maximum absolute atomic E-state index is 5.08. The van der Waals surface area contributed by atoms with Crippen molar-refractivity contribution < 1.29 is 0 Å². The monoisotopic (exact) mass is 285 g/mol. The molecule has 3 aromatic carbocycles. The highest BCUT2D eigenvalue weighted by atomic mass is 14.8. The van der Waals surface area contributed by atoms with Crippen molar-refractivity contribution in [2.75, 3.05) is 0 Å². The van der Waals surface area contributed by atoms with Crippen LogP contribution in [-0.4, -0.2) is 5.71 Å². The number of nitrogens with zero attached hydrogens (tertiary/aromatic N) is 1. The maximum atomic E-state index is 5.08. The number of aryl methyl sites for hydroxylation is 2. The topological polar surface area (TPSA) is 12.4 Å². The van der Waals surface area contributed by atoms with Gasteiger partial charge in [-0.1, -0.05) is 61.5 Å². The van der Waals surface area contributed by atoms with Crippen LogP contribution in [-0.2, 0) is 12.8 Å². The zero-order valence-electron chi connectivity index (χ0n) is 13.1. The Morgan fingerprint density at radius 1 is 0.955 bits per heavy atom. The standard InChI is InChI=1S/C21H19N/c1-3-15-8-4-7-14(2)21(15)22-19-13-17-11-5-9-16-10-6-12-18(19)20(16)17/h4-12H,3,13H2,1-2H3. The average Bonchev–Trinajstić information content (AvgIpc) is 2.90. The predicted molar refractivity (Wildman–Crippen MR) is 94.4 cm³/mol. The molecule has 0 unspecified atom stereocenters. The van der Waals surface area contributed by atoms with Gasteiger partial charge in [-0.05, 0) is 40.8 Å². The molecule has 108 valence electrons. The largest absolute Gasteiger partial charge is 0.252 e. The second-order valence-electron chi connectivity index (χ2n) is 5.99. The highest BCUT2D eigenvalue weighted by molar-refractivity contribution is 6.18. The molecule has 0 bridgehead atoms. The van der Waals surface area contributed by atoms with E-state index in [2.05, 4.69) is 68.4 Å². The van der Waals surface area contributed by atoms with E-state index in [0.29, 0.717) is 0 Å². The van der Waals surface area contributed by atoms with E-state index in [0.717, 1.165) is 18.5 Å². The van der Waals surface area contributed by atoms with E-state index in [4.69, 9.17) is 4.99 Å². The van der Waals surface area contributed by atoms with Crippen LogP contribution in [0.5, 0.6) is 0 Å². The summed E-state index contributed by atoms with van der Waals surface area (Å²) >= 11 is 0. The quantitative estimate of drug-likeness (QED) is 0.599. The van der Waals surface area contributed by atoms with Crippen molar-refractivity contribution in [3.05, 3.63) is 76.9 Å². The molecule has 1 aliphatic rings. The zero-order valence-corrected chi connectivity index (χ0v) is 13.1. The van der Waals surface area contributed by atoms with Gasteiger partial charge in [-0.15, -0.1) is 0 Å². The molecule has 0 saturated carbocycles. The summed E-state index contributed by atoms with van der Waals surface area (Å²) in [4.78, 5) is 5.08. The van der Waals surface area contributed by atoms with Crippen LogP contribution in [0.2, 0.25) is 0 Å². The summed E-state index contributed by atoms with van der Waals surface area (Å²) in [6, 6.07) is 19.6. The molecule has 1 nitrogen and oxygen atoms in total. The molecule has 0 atom stereocenters. The summed E-state index contributed by atoms with van der Waals surface area (Å²) in [5, 5.41) is 2.70. The minimum atomic E-state index is 0.939. The molecule has 0 N–H and O–H groups in total. The SMILES string of the molecule is CCc1cccc(C)c1N=C1Cc2cccc3cccc1c23. The first-order valence-corrected chi connectivity index (χ1v) is 7.95. The molecule has 0 aliphatic heterocycles. The van der Waals surface area contributed by atoms with Crippen molar-refractivity contribution in [3.8, 4) is 0 Å². The van der Waals surface area contributed by atoms with Gasteiger partial charge in [0, 0.05) is 12.0 Å². The Morgan fingerprint density at radius 3 is 2.55 bits per heavy atom. The highest BCUT2D eigenvalue weighted by Crippen LogP contribution is 2.33. The average molecular weight is 285 g/mol. The Kier molecular flexibility index (Phi) is 3.07. The summed E-state index contributed by atoms with van der Waals surface area (Å²) in [6.45, 7) is 4.35. The van der Waals surface area contributed by atoms with Crippen LogP contribution in [0, 0.1) is 6.92 Å². The molecule has 4 rings (SSSR count). The second kappa shape index (κ2) is 5.10. The first kappa shape index (κ1) is 13.3. The normalized spacial score (nSPS) is 14.9. The Morgan fingerprint density at radius 2 is 1.73 bits per heavy atom. The molecule has 22 heavy (non-hydrogen) atoms. The lowest BCUT2D eigenvalue weighted by atomic mass is 10.0. The van der Waals surface area contributed by atoms with Crippen LogP contribution in [0.4, 0.5) is 5.69 Å². The third-order valence-electron chi connectivity index (χ3n) is 4.61. The van der Waals surface area contributed by atoms with Gasteiger partial charge in [-0.3, -0.25) is 4.99 Å². The summed E-state index contributed by atoms with van der Waals surface area (Å²) in [5.74, 6) is 0. The number of aliphatic imine (C=N–C) groups is 1. The van der Waals surface area contributed by atoms with Crippen LogP contribution >= 0.6 is 0 Å². The van der Waals surface area contributed by atoms with Crippen molar-refractivity contribution in [2.24, 2.45) is 4.99 Å². The molecule has 0 aromatic heterocycles. The van der Waals surface area contributed by atoms with Gasteiger partial charge in [0.25, 0.3) is 0 Å². The molecule has 0 heterocycles. The lowest BCUT2D eigenvalue weighted by Crippen LogP contribution is -1.98. The van der Waals surface area contributed by atoms with Crippen molar-refractivity contribution in [2.45, 2.75) is 26.7 Å². The Balaban J connectivity index is 1.92. The van der Waals surface area contributed by atoms with E-state index in [-0.39, 0.29) is 0 Å². The van der Waals surface area contributed by atoms with E-state index in [1.807, 2.05) is 0 Å². The fourth-order valence-corrected chi connectivity index (χ4v) is 3.48. The summed E-state index contributed by atoms with van der Waals surface area (Å²) in [6.07, 6.45) is 1.96. The Bertz CT molecular complexity index is 898. The third kappa shape index (κ3) is 1.97. The van der Waals surface area contributed by atoms with E-state index in [1.54, 1.807) is 0 Å². The Labute approximate surface area is 131 Å². The number of rotatable bonds is 2. The zero-order chi connectivity index (χ0) is 15.1. The van der Waals surface area contributed by atoms with E-state index in [1.165, 1.54) is 38.7 Å². The third-order valence-corrected chi connectivity index (χ3v) is 4.61. The Hall–Kier alpha value is -2.41. The van der Waals surface area contributed by atoms with Gasteiger partial charge in [-0.2, -0.15) is 0 Å². The maximum Gasteiger partial charge on any atom is 0.0694 e. The van der Waals surface area contributed by atoms with E-state index < -0.39 is 0 Å². The number of benzene rings is 3. The van der Waals surface area contributed by atoms with E-state index >= 15 is 0 Å². The first-order chi connectivity index (χ1) is 10.8. The lowest BCUT2D eigenvalue weighted by molar-refractivity contribution is 1.12. The van der Waals surface area contributed by atoms with Crippen molar-refractivity contribution in [1.29, 1.82) is 0 Å². The van der Waals surface area contributed by atoms with Gasteiger partial charge in [-0.25, -0.2) is 0 Å². The van der Waals surface area contributed by atoms with Gasteiger partial charge in [0.1, 0.15) is 0 Å². The van der Waals surface area contributed by atoms with Crippen LogP contribution in [0.1, 0.15) is 29.2 Å². The second-order valence-corrected chi connectivity index (χ2v) is 5.99. The smallest absolute Gasteiger partial charge is 0.0694 e. The van der Waals surface area contributed by atoms with Gasteiger partial charge < -0.3 is 0 Å². The summed E-state index contributed by atoms with van der Waals surface area (Å²) in [7, 11) is 0. The van der Waals surface area contributed by atoms with Gasteiger partial charge in [0.2, 0.25) is 0 Å². The minimum absolute atomic E-state index is 0.939. The fraction of sp³-hybridized carbons (Fsp3) is 0.190. The molecular weight excluding hydrogens is 266 g/mol. The first-order valence-electron chi connectivity index (χ1n) is 7.95. The van der Waals surface area contributed by atoms with Gasteiger partial charge in [0.05, 0.1) is 11.4 Å². The molecule has 1 heteroatoms. The van der Waals surface area contributed by atoms with Crippen molar-refractivity contribution in [1.82, 2.24) is 0 Å². The van der Waals surface area contributed by atoms with Crippen molar-refractivity contribution >= 4 is 22.2 Å². The molecule has 1 aliphatic carbocycles. The van der Waals surface area contributed by atoms with Crippen LogP contribution in [0.15, 0.2) is 59.6 Å². The molecule has 0 spiro atoms. The molecule has 3 aromatic rings. The molecule has 0 radical (unpaired) electrons. The van der Waals surface area contributed by atoms with E-state index in [9.17, 15) is 0 Å². The summed E-state index contributed by atoms with van der Waals surface area (Å²) in [5.41, 5.74) is 7.66. The predicted octanol–water partition coefficient (Wildman–Crippen LogP) is 5.39. The molecule has 0 saturated heterocycles. The molecule has 0 fully saturated rings. The van der Waals surface area contributed by atoms with Gasteiger partial charge >= 0.3 is 0 Å². The fourth-order valence-electron chi connectivity index (χ4n) is 3.48. The number of hydrogen-bond acceptors (Lipinski definition) is 1. The van der Waals surface area contributed by atoms with Crippen LogP contribution in [0.3, 0.4) is 0 Å². The number of hydrogen-bond donors (Lipinski definition) is 0. The minimum Gasteiger partial charge on any atom is -0.252 e.